The molecule has 2 rings (SSSR count). The van der Waals surface area contributed by atoms with E-state index in [0.717, 1.165) is 18.6 Å². The average Bonchev–Trinajstić information content (AvgIpc) is 2.82. The SMILES string of the molecule is O=C(NC1CCCC1)N1CCC(=NO)CC1. The normalized spacial score (nSPS) is 22.2. The van der Waals surface area contributed by atoms with Crippen LogP contribution in [-0.2, 0) is 0 Å². The average molecular weight is 225 g/mol. The van der Waals surface area contributed by atoms with Gasteiger partial charge in [0.05, 0.1) is 5.71 Å². The Morgan fingerprint density at radius 3 is 2.50 bits per heavy atom. The molecule has 0 unspecified atom stereocenters. The van der Waals surface area contributed by atoms with Crippen molar-refractivity contribution in [3.63, 3.8) is 0 Å². The largest absolute Gasteiger partial charge is 0.411 e. The van der Waals surface area contributed by atoms with E-state index in [4.69, 9.17) is 5.21 Å². The van der Waals surface area contributed by atoms with Crippen molar-refractivity contribution in [1.29, 1.82) is 0 Å². The van der Waals surface area contributed by atoms with Gasteiger partial charge in [0.25, 0.3) is 0 Å². The molecule has 2 amide bonds. The minimum atomic E-state index is 0.0453. The van der Waals surface area contributed by atoms with Crippen LogP contribution < -0.4 is 5.32 Å². The van der Waals surface area contributed by atoms with Gasteiger partial charge < -0.3 is 15.4 Å². The summed E-state index contributed by atoms with van der Waals surface area (Å²) in [7, 11) is 0. The summed E-state index contributed by atoms with van der Waals surface area (Å²) < 4.78 is 0. The van der Waals surface area contributed by atoms with Crippen molar-refractivity contribution < 1.29 is 10.0 Å². The molecule has 0 atom stereocenters. The maximum Gasteiger partial charge on any atom is 0.317 e. The molecule has 2 N–H and O–H groups in total. The number of nitrogens with one attached hydrogen (secondary N) is 1. The first-order valence-corrected chi connectivity index (χ1v) is 6.05. The standard InChI is InChI=1S/C11H19N3O2/c15-11(12-9-3-1-2-4-9)14-7-5-10(13-16)6-8-14/h9,16H,1-8H2,(H,12,15). The van der Waals surface area contributed by atoms with Gasteiger partial charge in [-0.25, -0.2) is 4.79 Å². The van der Waals surface area contributed by atoms with Crippen LogP contribution in [0.2, 0.25) is 0 Å². The molecule has 1 aliphatic carbocycles. The summed E-state index contributed by atoms with van der Waals surface area (Å²) in [4.78, 5) is 13.7. The highest BCUT2D eigenvalue weighted by atomic mass is 16.4. The first-order chi connectivity index (χ1) is 7.79. The van der Waals surface area contributed by atoms with E-state index in [-0.39, 0.29) is 6.03 Å². The van der Waals surface area contributed by atoms with Crippen molar-refractivity contribution in [2.45, 2.75) is 44.6 Å². The predicted octanol–water partition coefficient (Wildman–Crippen LogP) is 1.56. The van der Waals surface area contributed by atoms with E-state index in [0.29, 0.717) is 32.0 Å². The van der Waals surface area contributed by atoms with E-state index in [1.165, 1.54) is 12.8 Å². The Labute approximate surface area is 95.5 Å². The minimum absolute atomic E-state index is 0.0453. The van der Waals surface area contributed by atoms with Crippen LogP contribution in [0.25, 0.3) is 0 Å². The highest BCUT2D eigenvalue weighted by Crippen LogP contribution is 2.18. The highest BCUT2D eigenvalue weighted by molar-refractivity contribution is 5.86. The molecule has 5 heteroatoms. The van der Waals surface area contributed by atoms with E-state index in [2.05, 4.69) is 10.5 Å². The Morgan fingerprint density at radius 2 is 1.94 bits per heavy atom. The van der Waals surface area contributed by atoms with E-state index in [9.17, 15) is 4.79 Å². The summed E-state index contributed by atoms with van der Waals surface area (Å²) in [6, 6.07) is 0.421. The molecule has 0 aromatic rings. The maximum atomic E-state index is 11.9. The number of piperidine rings is 1. The number of nitrogens with zero attached hydrogens (tertiary/aromatic N) is 2. The van der Waals surface area contributed by atoms with Crippen LogP contribution in [0.5, 0.6) is 0 Å². The first-order valence-electron chi connectivity index (χ1n) is 6.05. The Hall–Kier alpha value is -1.26. The van der Waals surface area contributed by atoms with Crippen molar-refractivity contribution in [2.75, 3.05) is 13.1 Å². The quantitative estimate of drug-likeness (QED) is 0.525. The number of hydrogen-bond acceptors (Lipinski definition) is 3. The molecule has 1 saturated carbocycles. The zero-order chi connectivity index (χ0) is 11.4. The van der Waals surface area contributed by atoms with Gasteiger partial charge in [-0.2, -0.15) is 0 Å². The van der Waals surface area contributed by atoms with E-state index in [1.807, 2.05) is 4.90 Å². The van der Waals surface area contributed by atoms with Crippen LogP contribution in [0.15, 0.2) is 5.16 Å². The number of carbonyl (C=O) groups excluding carboxylic acids is 1. The lowest BCUT2D eigenvalue weighted by Gasteiger charge is -2.28. The Balaban J connectivity index is 1.77. The number of oxime groups is 1. The third-order valence-electron chi connectivity index (χ3n) is 3.45. The van der Waals surface area contributed by atoms with Crippen molar-refractivity contribution in [2.24, 2.45) is 5.16 Å². The van der Waals surface area contributed by atoms with Crippen LogP contribution in [0.4, 0.5) is 4.79 Å². The fourth-order valence-corrected chi connectivity index (χ4v) is 2.40. The summed E-state index contributed by atoms with van der Waals surface area (Å²) in [6.45, 7) is 1.33. The van der Waals surface area contributed by atoms with Gasteiger partial charge in [0.15, 0.2) is 0 Å². The lowest BCUT2D eigenvalue weighted by Crippen LogP contribution is -2.47. The molecule has 1 heterocycles. The summed E-state index contributed by atoms with van der Waals surface area (Å²) in [6.07, 6.45) is 6.06. The van der Waals surface area contributed by atoms with Crippen LogP contribution in [0, 0.1) is 0 Å². The number of rotatable bonds is 1. The number of carbonyl (C=O) groups is 1. The summed E-state index contributed by atoms with van der Waals surface area (Å²) in [5.74, 6) is 0. The minimum Gasteiger partial charge on any atom is -0.411 e. The molecule has 0 bridgehead atoms. The third-order valence-corrected chi connectivity index (χ3v) is 3.45. The lowest BCUT2D eigenvalue weighted by atomic mass is 10.1. The van der Waals surface area contributed by atoms with Gasteiger partial charge >= 0.3 is 6.03 Å². The second kappa shape index (κ2) is 5.18. The summed E-state index contributed by atoms with van der Waals surface area (Å²) >= 11 is 0. The number of urea groups is 1. The second-order valence-corrected chi connectivity index (χ2v) is 4.58. The third kappa shape index (κ3) is 2.65. The smallest absolute Gasteiger partial charge is 0.317 e. The van der Waals surface area contributed by atoms with Crippen LogP contribution in [0.1, 0.15) is 38.5 Å². The summed E-state index contributed by atoms with van der Waals surface area (Å²) in [5.41, 5.74) is 0.796. The van der Waals surface area contributed by atoms with Gasteiger partial charge in [0.1, 0.15) is 0 Å². The fraction of sp³-hybridized carbons (Fsp3) is 0.818. The van der Waals surface area contributed by atoms with Gasteiger partial charge in [-0.1, -0.05) is 18.0 Å². The first kappa shape index (κ1) is 11.2. The van der Waals surface area contributed by atoms with E-state index >= 15 is 0 Å². The van der Waals surface area contributed by atoms with Gasteiger partial charge in [-0.15, -0.1) is 0 Å². The van der Waals surface area contributed by atoms with Gasteiger partial charge in [-0.3, -0.25) is 0 Å². The van der Waals surface area contributed by atoms with E-state index in [1.54, 1.807) is 0 Å². The lowest BCUT2D eigenvalue weighted by molar-refractivity contribution is 0.192. The van der Waals surface area contributed by atoms with Gasteiger partial charge in [0, 0.05) is 32.0 Å². The fourth-order valence-electron chi connectivity index (χ4n) is 2.40. The van der Waals surface area contributed by atoms with Crippen molar-refractivity contribution >= 4 is 11.7 Å². The molecule has 90 valence electrons. The molecular formula is C11H19N3O2. The molecule has 0 aromatic heterocycles. The maximum absolute atomic E-state index is 11.9. The van der Waals surface area contributed by atoms with Crippen LogP contribution in [0.3, 0.4) is 0 Å². The van der Waals surface area contributed by atoms with Crippen molar-refractivity contribution in [1.82, 2.24) is 10.2 Å². The predicted molar refractivity (Wildman–Crippen MR) is 60.8 cm³/mol. The zero-order valence-corrected chi connectivity index (χ0v) is 9.48. The molecule has 0 spiro atoms. The van der Waals surface area contributed by atoms with Crippen LogP contribution in [-0.4, -0.2) is 41.0 Å². The van der Waals surface area contributed by atoms with Crippen LogP contribution >= 0.6 is 0 Å². The van der Waals surface area contributed by atoms with Crippen molar-refractivity contribution in [3.05, 3.63) is 0 Å². The monoisotopic (exact) mass is 225 g/mol. The highest BCUT2D eigenvalue weighted by Gasteiger charge is 2.23. The topological polar surface area (TPSA) is 64.9 Å². The number of likely N-dealkylation sites (tertiary alicyclic amines) is 1. The number of amides is 2. The molecule has 1 aliphatic heterocycles. The molecule has 16 heavy (non-hydrogen) atoms. The van der Waals surface area contributed by atoms with Crippen molar-refractivity contribution in [3.8, 4) is 0 Å². The van der Waals surface area contributed by atoms with Gasteiger partial charge in [0.2, 0.25) is 0 Å². The molecule has 0 radical (unpaired) electrons. The van der Waals surface area contributed by atoms with Gasteiger partial charge in [-0.05, 0) is 12.8 Å². The Morgan fingerprint density at radius 1 is 1.31 bits per heavy atom. The molecule has 1 saturated heterocycles. The van der Waals surface area contributed by atoms with E-state index < -0.39 is 0 Å². The molecular weight excluding hydrogens is 206 g/mol. The molecule has 2 aliphatic rings. The number of hydrogen-bond donors (Lipinski definition) is 2. The molecule has 0 aromatic carbocycles. The molecule has 2 fully saturated rings. The summed E-state index contributed by atoms with van der Waals surface area (Å²) in [5, 5.41) is 14.9. The zero-order valence-electron chi connectivity index (χ0n) is 9.48. The Bertz CT molecular complexity index is 275. The Kier molecular flexibility index (Phi) is 3.64. The molecule has 5 nitrogen and oxygen atoms in total. The second-order valence-electron chi connectivity index (χ2n) is 4.58.